The number of hydrogen-bond donors (Lipinski definition) is 3. The molecule has 1 heterocycles. The van der Waals surface area contributed by atoms with Gasteiger partial charge >= 0.3 is 0 Å². The Morgan fingerprint density at radius 2 is 2.19 bits per heavy atom. The molecule has 1 aromatic rings. The molecule has 16 heavy (non-hydrogen) atoms. The van der Waals surface area contributed by atoms with Crippen LogP contribution in [0.25, 0.3) is 0 Å². The van der Waals surface area contributed by atoms with Crippen LogP contribution < -0.4 is 11.5 Å². The van der Waals surface area contributed by atoms with E-state index in [-0.39, 0.29) is 29.9 Å². The highest BCUT2D eigenvalue weighted by Crippen LogP contribution is 2.11. The normalized spacial score (nSPS) is 10.4. The Bertz CT molecular complexity index is 398. The first-order valence-electron chi connectivity index (χ1n) is 4.81. The lowest BCUT2D eigenvalue weighted by molar-refractivity contribution is -0.119. The van der Waals surface area contributed by atoms with Crippen LogP contribution in [0.2, 0.25) is 0 Å². The van der Waals surface area contributed by atoms with Gasteiger partial charge in [-0.15, -0.1) is 0 Å². The van der Waals surface area contributed by atoms with E-state index in [2.05, 4.69) is 10.2 Å². The largest absolute Gasteiger partial charge is 0.396 e. The number of amides is 2. The number of nitrogen functional groups attached to an aromatic ring is 1. The zero-order valence-corrected chi connectivity index (χ0v) is 9.23. The minimum Gasteiger partial charge on any atom is -0.396 e. The smallest absolute Gasteiger partial charge is 0.274 e. The zero-order valence-electron chi connectivity index (χ0n) is 9.23. The van der Waals surface area contributed by atoms with Crippen molar-refractivity contribution in [3.8, 4) is 0 Å². The molecular formula is C9H15N5O2. The number of carbonyl (C=O) groups is 2. The monoisotopic (exact) mass is 225 g/mol. The predicted octanol–water partition coefficient (Wildman–Crippen LogP) is -0.672. The van der Waals surface area contributed by atoms with E-state index < -0.39 is 5.91 Å². The standard InChI is InChI=1S/C9H15N5O2/c1-5(2)14(4-7(11)15)9(16)8-6(10)3-12-13-8/h3,5H,4,10H2,1-2H3,(H2,11,15)(H,12,13). The molecule has 0 spiro atoms. The number of anilines is 1. The summed E-state index contributed by atoms with van der Waals surface area (Å²) in [5, 5.41) is 6.15. The first kappa shape index (κ1) is 12.0. The van der Waals surface area contributed by atoms with Gasteiger partial charge in [0.15, 0.2) is 0 Å². The van der Waals surface area contributed by atoms with Crippen LogP contribution in [0, 0.1) is 0 Å². The van der Waals surface area contributed by atoms with Crippen LogP contribution in [0.4, 0.5) is 5.69 Å². The SMILES string of the molecule is CC(C)N(CC(N)=O)C(=O)c1[nH]ncc1N. The number of hydrogen-bond acceptors (Lipinski definition) is 4. The van der Waals surface area contributed by atoms with E-state index in [1.807, 2.05) is 0 Å². The molecule has 0 radical (unpaired) electrons. The number of primary amides is 1. The molecule has 0 fully saturated rings. The van der Waals surface area contributed by atoms with E-state index in [9.17, 15) is 9.59 Å². The van der Waals surface area contributed by atoms with Crippen molar-refractivity contribution in [2.75, 3.05) is 12.3 Å². The molecule has 1 aromatic heterocycles. The molecule has 1 rings (SSSR count). The molecule has 88 valence electrons. The number of aromatic nitrogens is 2. The summed E-state index contributed by atoms with van der Waals surface area (Å²) < 4.78 is 0. The summed E-state index contributed by atoms with van der Waals surface area (Å²) in [5.41, 5.74) is 11.0. The Balaban J connectivity index is 2.92. The maximum Gasteiger partial charge on any atom is 0.274 e. The van der Waals surface area contributed by atoms with Gasteiger partial charge in [0, 0.05) is 6.04 Å². The van der Waals surface area contributed by atoms with Crippen LogP contribution in [-0.2, 0) is 4.79 Å². The minimum absolute atomic E-state index is 0.144. The Morgan fingerprint density at radius 3 is 2.56 bits per heavy atom. The Morgan fingerprint density at radius 1 is 1.56 bits per heavy atom. The molecule has 0 aliphatic carbocycles. The molecule has 0 bridgehead atoms. The van der Waals surface area contributed by atoms with Crippen LogP contribution in [0.15, 0.2) is 6.20 Å². The third kappa shape index (κ3) is 2.50. The van der Waals surface area contributed by atoms with Crippen molar-refractivity contribution in [2.45, 2.75) is 19.9 Å². The number of carbonyl (C=O) groups excluding carboxylic acids is 2. The van der Waals surface area contributed by atoms with Gasteiger partial charge in [-0.1, -0.05) is 0 Å². The molecule has 7 nitrogen and oxygen atoms in total. The van der Waals surface area contributed by atoms with Crippen LogP contribution in [0.1, 0.15) is 24.3 Å². The summed E-state index contributed by atoms with van der Waals surface area (Å²) in [6, 6.07) is -0.150. The number of H-pyrrole nitrogens is 1. The minimum atomic E-state index is -0.569. The summed E-state index contributed by atoms with van der Waals surface area (Å²) in [4.78, 5) is 24.1. The van der Waals surface area contributed by atoms with Crippen molar-refractivity contribution in [3.05, 3.63) is 11.9 Å². The lowest BCUT2D eigenvalue weighted by Gasteiger charge is -2.24. The molecule has 7 heteroatoms. The average Bonchev–Trinajstić information content (AvgIpc) is 2.59. The van der Waals surface area contributed by atoms with Crippen LogP contribution >= 0.6 is 0 Å². The molecular weight excluding hydrogens is 210 g/mol. The van der Waals surface area contributed by atoms with Crippen LogP contribution in [-0.4, -0.2) is 39.5 Å². The molecule has 5 N–H and O–H groups in total. The molecule has 0 unspecified atom stereocenters. The van der Waals surface area contributed by atoms with Crippen molar-refractivity contribution in [1.29, 1.82) is 0 Å². The van der Waals surface area contributed by atoms with Gasteiger partial charge in [0.25, 0.3) is 5.91 Å². The summed E-state index contributed by atoms with van der Waals surface area (Å²) in [5.74, 6) is -0.955. The van der Waals surface area contributed by atoms with E-state index in [4.69, 9.17) is 11.5 Å². The number of nitrogens with two attached hydrogens (primary N) is 2. The Labute approximate surface area is 92.8 Å². The fourth-order valence-electron chi connectivity index (χ4n) is 1.27. The molecule has 0 aliphatic heterocycles. The molecule has 0 atom stereocenters. The number of nitrogens with one attached hydrogen (secondary N) is 1. The van der Waals surface area contributed by atoms with Gasteiger partial charge in [0.2, 0.25) is 5.91 Å². The van der Waals surface area contributed by atoms with Crippen LogP contribution in [0.3, 0.4) is 0 Å². The summed E-state index contributed by atoms with van der Waals surface area (Å²) in [6.07, 6.45) is 1.34. The quantitative estimate of drug-likeness (QED) is 0.629. The molecule has 0 saturated carbocycles. The van der Waals surface area contributed by atoms with Gasteiger partial charge < -0.3 is 16.4 Å². The van der Waals surface area contributed by atoms with Crippen molar-refractivity contribution >= 4 is 17.5 Å². The second-order valence-electron chi connectivity index (χ2n) is 3.69. The maximum atomic E-state index is 12.0. The van der Waals surface area contributed by atoms with E-state index in [0.717, 1.165) is 0 Å². The van der Waals surface area contributed by atoms with E-state index in [1.165, 1.54) is 11.1 Å². The molecule has 0 aromatic carbocycles. The highest BCUT2D eigenvalue weighted by atomic mass is 16.2. The molecule has 0 aliphatic rings. The maximum absolute atomic E-state index is 12.0. The van der Waals surface area contributed by atoms with Gasteiger partial charge in [0.05, 0.1) is 18.4 Å². The first-order valence-corrected chi connectivity index (χ1v) is 4.81. The summed E-state index contributed by atoms with van der Waals surface area (Å²) in [6.45, 7) is 3.43. The second-order valence-corrected chi connectivity index (χ2v) is 3.69. The van der Waals surface area contributed by atoms with Gasteiger partial charge in [-0.25, -0.2) is 0 Å². The van der Waals surface area contributed by atoms with E-state index >= 15 is 0 Å². The fraction of sp³-hybridized carbons (Fsp3) is 0.444. The van der Waals surface area contributed by atoms with E-state index in [1.54, 1.807) is 13.8 Å². The lowest BCUT2D eigenvalue weighted by atomic mass is 10.2. The Kier molecular flexibility index (Phi) is 3.49. The molecule has 0 saturated heterocycles. The second kappa shape index (κ2) is 4.65. The predicted molar refractivity (Wildman–Crippen MR) is 58.4 cm³/mol. The fourth-order valence-corrected chi connectivity index (χ4v) is 1.27. The van der Waals surface area contributed by atoms with Crippen molar-refractivity contribution in [1.82, 2.24) is 15.1 Å². The third-order valence-corrected chi connectivity index (χ3v) is 2.09. The van der Waals surface area contributed by atoms with Crippen molar-refractivity contribution in [2.24, 2.45) is 5.73 Å². The van der Waals surface area contributed by atoms with Gasteiger partial charge in [0.1, 0.15) is 5.69 Å². The number of aromatic amines is 1. The highest BCUT2D eigenvalue weighted by Gasteiger charge is 2.23. The van der Waals surface area contributed by atoms with Gasteiger partial charge in [-0.05, 0) is 13.8 Å². The van der Waals surface area contributed by atoms with Crippen molar-refractivity contribution < 1.29 is 9.59 Å². The van der Waals surface area contributed by atoms with Gasteiger partial charge in [-0.2, -0.15) is 5.10 Å². The third-order valence-electron chi connectivity index (χ3n) is 2.09. The molecule has 2 amide bonds. The lowest BCUT2D eigenvalue weighted by Crippen LogP contribution is -2.43. The highest BCUT2D eigenvalue weighted by molar-refractivity contribution is 5.98. The van der Waals surface area contributed by atoms with Crippen LogP contribution in [0.5, 0.6) is 0 Å². The van der Waals surface area contributed by atoms with E-state index in [0.29, 0.717) is 0 Å². The number of nitrogens with zero attached hydrogens (tertiary/aromatic N) is 2. The topological polar surface area (TPSA) is 118 Å². The Hall–Kier alpha value is -2.05. The number of rotatable bonds is 4. The summed E-state index contributed by atoms with van der Waals surface area (Å²) >= 11 is 0. The first-order chi connectivity index (χ1) is 7.43. The zero-order chi connectivity index (χ0) is 12.3. The van der Waals surface area contributed by atoms with Crippen molar-refractivity contribution in [3.63, 3.8) is 0 Å². The summed E-state index contributed by atoms with van der Waals surface area (Å²) in [7, 11) is 0. The average molecular weight is 225 g/mol. The van der Waals surface area contributed by atoms with Gasteiger partial charge in [-0.3, -0.25) is 14.7 Å².